The van der Waals surface area contributed by atoms with Crippen LogP contribution in [-0.4, -0.2) is 14.9 Å². The van der Waals surface area contributed by atoms with E-state index in [-0.39, 0.29) is 5.02 Å². The Bertz CT molecular complexity index is 527. The fourth-order valence-electron chi connectivity index (χ4n) is 1.57. The molecule has 0 aliphatic heterocycles. The van der Waals surface area contributed by atoms with E-state index < -0.39 is 11.9 Å². The number of benzene rings is 1. The zero-order chi connectivity index (χ0) is 12.4. The minimum atomic E-state index is -0.887. The van der Waals surface area contributed by atoms with E-state index in [1.165, 1.54) is 12.1 Å². The number of hydrogen-bond donors (Lipinski definition) is 1. The van der Waals surface area contributed by atoms with Crippen LogP contribution in [0.2, 0.25) is 5.02 Å². The normalized spacial score (nSPS) is 12.7. The molecular formula is C12H12ClFN2O. The standard InChI is InChI=1S/C12H12ClFN2O/c1-2-16-7-9(6-15-16)12(17)8-3-4-10(13)11(14)5-8/h3-7,12,17H,2H2,1H3. The smallest absolute Gasteiger partial charge is 0.142 e. The molecule has 1 unspecified atom stereocenters. The molecule has 0 saturated carbocycles. The van der Waals surface area contributed by atoms with Crippen LogP contribution < -0.4 is 0 Å². The zero-order valence-corrected chi connectivity index (χ0v) is 10.0. The van der Waals surface area contributed by atoms with E-state index >= 15 is 0 Å². The summed E-state index contributed by atoms with van der Waals surface area (Å²) in [5.41, 5.74) is 1.09. The van der Waals surface area contributed by atoms with Crippen LogP contribution in [0.15, 0.2) is 30.6 Å². The molecule has 1 heterocycles. The molecule has 0 spiro atoms. The summed E-state index contributed by atoms with van der Waals surface area (Å²) in [6, 6.07) is 4.26. The second-order valence-electron chi connectivity index (χ2n) is 3.71. The van der Waals surface area contributed by atoms with Gasteiger partial charge >= 0.3 is 0 Å². The first-order valence-electron chi connectivity index (χ1n) is 5.27. The van der Waals surface area contributed by atoms with Crippen molar-refractivity contribution in [3.05, 3.63) is 52.6 Å². The first-order valence-corrected chi connectivity index (χ1v) is 5.65. The van der Waals surface area contributed by atoms with Crippen LogP contribution in [0, 0.1) is 5.82 Å². The quantitative estimate of drug-likeness (QED) is 0.915. The number of halogens is 2. The van der Waals surface area contributed by atoms with E-state index in [0.29, 0.717) is 11.1 Å². The maximum atomic E-state index is 13.3. The minimum absolute atomic E-state index is 0.0465. The molecule has 17 heavy (non-hydrogen) atoms. The van der Waals surface area contributed by atoms with Gasteiger partial charge in [0.15, 0.2) is 0 Å². The maximum absolute atomic E-state index is 13.3. The highest BCUT2D eigenvalue weighted by Crippen LogP contribution is 2.24. The number of rotatable bonds is 3. The molecule has 0 aliphatic carbocycles. The van der Waals surface area contributed by atoms with Gasteiger partial charge in [-0.25, -0.2) is 4.39 Å². The van der Waals surface area contributed by atoms with Crippen LogP contribution in [0.5, 0.6) is 0 Å². The third kappa shape index (κ3) is 2.48. The molecule has 90 valence electrons. The first kappa shape index (κ1) is 12.1. The van der Waals surface area contributed by atoms with Crippen LogP contribution in [-0.2, 0) is 6.54 Å². The summed E-state index contributed by atoms with van der Waals surface area (Å²) < 4.78 is 15.0. The summed E-state index contributed by atoms with van der Waals surface area (Å²) in [5.74, 6) is -0.536. The van der Waals surface area contributed by atoms with Crippen molar-refractivity contribution in [2.75, 3.05) is 0 Å². The summed E-state index contributed by atoms with van der Waals surface area (Å²) in [5, 5.41) is 14.2. The summed E-state index contributed by atoms with van der Waals surface area (Å²) in [6.45, 7) is 2.67. The van der Waals surface area contributed by atoms with E-state index in [9.17, 15) is 9.50 Å². The third-order valence-corrected chi connectivity index (χ3v) is 2.86. The van der Waals surface area contributed by atoms with Gasteiger partial charge in [-0.15, -0.1) is 0 Å². The van der Waals surface area contributed by atoms with E-state index in [2.05, 4.69) is 5.10 Å². The molecular weight excluding hydrogens is 243 g/mol. The predicted octanol–water partition coefficient (Wildman–Crippen LogP) is 2.78. The molecule has 0 bridgehead atoms. The first-order chi connectivity index (χ1) is 8.11. The Morgan fingerprint density at radius 2 is 2.24 bits per heavy atom. The number of hydrogen-bond acceptors (Lipinski definition) is 2. The lowest BCUT2D eigenvalue weighted by atomic mass is 10.0. The molecule has 1 atom stereocenters. The fourth-order valence-corrected chi connectivity index (χ4v) is 1.69. The topological polar surface area (TPSA) is 38.0 Å². The molecule has 3 nitrogen and oxygen atoms in total. The summed E-state index contributed by atoms with van der Waals surface area (Å²) >= 11 is 5.58. The molecule has 5 heteroatoms. The van der Waals surface area contributed by atoms with Crippen LogP contribution in [0.3, 0.4) is 0 Å². The van der Waals surface area contributed by atoms with E-state index in [0.717, 1.165) is 6.54 Å². The third-order valence-electron chi connectivity index (χ3n) is 2.55. The lowest BCUT2D eigenvalue weighted by Gasteiger charge is -2.09. The van der Waals surface area contributed by atoms with Crippen LogP contribution in [0.1, 0.15) is 24.2 Å². The fraction of sp³-hybridized carbons (Fsp3) is 0.250. The number of nitrogens with zero attached hydrogens (tertiary/aromatic N) is 2. The van der Waals surface area contributed by atoms with Crippen molar-refractivity contribution in [3.8, 4) is 0 Å². The zero-order valence-electron chi connectivity index (χ0n) is 9.27. The molecule has 2 rings (SSSR count). The van der Waals surface area contributed by atoms with Crippen LogP contribution >= 0.6 is 11.6 Å². The highest BCUT2D eigenvalue weighted by atomic mass is 35.5. The average molecular weight is 255 g/mol. The van der Waals surface area contributed by atoms with Crippen LogP contribution in [0.4, 0.5) is 4.39 Å². The van der Waals surface area contributed by atoms with Gasteiger partial charge in [0.2, 0.25) is 0 Å². The Labute approximate surface area is 103 Å². The molecule has 2 aromatic rings. The molecule has 0 amide bonds. The number of aromatic nitrogens is 2. The van der Waals surface area contributed by atoms with Crippen LogP contribution in [0.25, 0.3) is 0 Å². The summed E-state index contributed by atoms with van der Waals surface area (Å²) in [7, 11) is 0. The molecule has 0 aliphatic rings. The Hall–Kier alpha value is -1.39. The van der Waals surface area contributed by atoms with E-state index in [4.69, 9.17) is 11.6 Å². The van der Waals surface area contributed by atoms with Gasteiger partial charge < -0.3 is 5.11 Å². The van der Waals surface area contributed by atoms with E-state index in [1.807, 2.05) is 6.92 Å². The molecule has 1 aromatic carbocycles. The molecule has 0 radical (unpaired) electrons. The lowest BCUT2D eigenvalue weighted by molar-refractivity contribution is 0.219. The lowest BCUT2D eigenvalue weighted by Crippen LogP contribution is -1.99. The van der Waals surface area contributed by atoms with Crippen molar-refractivity contribution in [2.24, 2.45) is 0 Å². The Balaban J connectivity index is 2.29. The summed E-state index contributed by atoms with van der Waals surface area (Å²) in [6.07, 6.45) is 2.42. The predicted molar refractivity (Wildman–Crippen MR) is 63.4 cm³/mol. The number of aliphatic hydroxyl groups is 1. The highest BCUT2D eigenvalue weighted by molar-refractivity contribution is 6.30. The van der Waals surface area contributed by atoms with Crippen molar-refractivity contribution >= 4 is 11.6 Å². The van der Waals surface area contributed by atoms with Gasteiger partial charge in [-0.1, -0.05) is 17.7 Å². The van der Waals surface area contributed by atoms with Crippen molar-refractivity contribution in [1.82, 2.24) is 9.78 Å². The highest BCUT2D eigenvalue weighted by Gasteiger charge is 2.14. The van der Waals surface area contributed by atoms with E-state index in [1.54, 1.807) is 23.1 Å². The monoisotopic (exact) mass is 254 g/mol. The molecule has 1 N–H and O–H groups in total. The van der Waals surface area contributed by atoms with Crippen molar-refractivity contribution in [3.63, 3.8) is 0 Å². The Kier molecular flexibility index (Phi) is 3.45. The molecule has 0 saturated heterocycles. The SMILES string of the molecule is CCn1cc(C(O)c2ccc(Cl)c(F)c2)cn1. The van der Waals surface area contributed by atoms with Crippen molar-refractivity contribution in [2.45, 2.75) is 19.6 Å². The second-order valence-corrected chi connectivity index (χ2v) is 4.11. The van der Waals surface area contributed by atoms with Gasteiger partial charge in [-0.3, -0.25) is 4.68 Å². The van der Waals surface area contributed by atoms with Crippen molar-refractivity contribution < 1.29 is 9.50 Å². The van der Waals surface area contributed by atoms with Gasteiger partial charge in [0.1, 0.15) is 11.9 Å². The second kappa shape index (κ2) is 4.85. The average Bonchev–Trinajstić information content (AvgIpc) is 2.80. The van der Waals surface area contributed by atoms with Gasteiger partial charge in [-0.05, 0) is 24.6 Å². The summed E-state index contributed by atoms with van der Waals surface area (Å²) in [4.78, 5) is 0. The molecule has 1 aromatic heterocycles. The molecule has 0 fully saturated rings. The van der Waals surface area contributed by atoms with Gasteiger partial charge in [0.05, 0.1) is 11.2 Å². The number of aliphatic hydroxyl groups excluding tert-OH is 1. The minimum Gasteiger partial charge on any atom is -0.384 e. The Morgan fingerprint density at radius 1 is 1.47 bits per heavy atom. The number of aryl methyl sites for hydroxylation is 1. The largest absolute Gasteiger partial charge is 0.384 e. The van der Waals surface area contributed by atoms with Gasteiger partial charge in [0.25, 0.3) is 0 Å². The van der Waals surface area contributed by atoms with Gasteiger partial charge in [0, 0.05) is 18.3 Å². The van der Waals surface area contributed by atoms with Crippen molar-refractivity contribution in [1.29, 1.82) is 0 Å². The maximum Gasteiger partial charge on any atom is 0.142 e. The van der Waals surface area contributed by atoms with Gasteiger partial charge in [-0.2, -0.15) is 5.10 Å². The Morgan fingerprint density at radius 3 is 2.82 bits per heavy atom.